The average molecular weight is 326 g/mol. The molecule has 3 aromatic rings. The monoisotopic (exact) mass is 326 g/mol. The zero-order valence-electron chi connectivity index (χ0n) is 13.1. The largest absolute Gasteiger partial charge is 0.351 e. The fourth-order valence-corrected chi connectivity index (χ4v) is 3.31. The number of thioether (sulfide) groups is 1. The van der Waals surface area contributed by atoms with Crippen molar-refractivity contribution in [3.63, 3.8) is 0 Å². The third-order valence-corrected chi connectivity index (χ3v) is 4.54. The van der Waals surface area contributed by atoms with E-state index in [0.717, 1.165) is 0 Å². The van der Waals surface area contributed by atoms with Crippen molar-refractivity contribution in [2.75, 3.05) is 6.54 Å². The topological polar surface area (TPSA) is 59.3 Å². The van der Waals surface area contributed by atoms with Gasteiger partial charge in [-0.3, -0.25) is 4.79 Å². The molecular weight excluding hydrogens is 308 g/mol. The number of nitrogens with zero attached hydrogens (tertiary/aromatic N) is 3. The predicted molar refractivity (Wildman–Crippen MR) is 91.8 cm³/mol. The Morgan fingerprint density at radius 2 is 2.09 bits per heavy atom. The fraction of sp³-hybridized carbons (Fsp3) is 0.235. The van der Waals surface area contributed by atoms with Gasteiger partial charge in [0.05, 0.1) is 5.69 Å². The fourth-order valence-electron chi connectivity index (χ4n) is 2.36. The number of benzene rings is 1. The molecule has 0 saturated carbocycles. The van der Waals surface area contributed by atoms with Crippen molar-refractivity contribution in [2.45, 2.75) is 24.0 Å². The summed E-state index contributed by atoms with van der Waals surface area (Å²) in [4.78, 5) is 17.9. The second-order valence-corrected chi connectivity index (χ2v) is 6.81. The molecule has 2 heterocycles. The summed E-state index contributed by atoms with van der Waals surface area (Å²) < 4.78 is 1.63. The van der Waals surface area contributed by atoms with E-state index < -0.39 is 0 Å². The predicted octanol–water partition coefficient (Wildman–Crippen LogP) is 2.95. The minimum atomic E-state index is -0.128. The molecule has 23 heavy (non-hydrogen) atoms. The Morgan fingerprint density at radius 1 is 1.30 bits per heavy atom. The molecule has 5 nitrogen and oxygen atoms in total. The Bertz CT molecular complexity index is 816. The van der Waals surface area contributed by atoms with Crippen molar-refractivity contribution in [1.29, 1.82) is 0 Å². The third-order valence-electron chi connectivity index (χ3n) is 3.43. The second-order valence-electron chi connectivity index (χ2n) is 5.30. The van der Waals surface area contributed by atoms with Gasteiger partial charge in [-0.05, 0) is 25.1 Å². The van der Waals surface area contributed by atoms with E-state index in [1.165, 1.54) is 4.90 Å². The summed E-state index contributed by atoms with van der Waals surface area (Å²) in [5.74, 6) is -0.128. The van der Waals surface area contributed by atoms with Crippen LogP contribution in [-0.2, 0) is 0 Å². The number of hydrogen-bond acceptors (Lipinski definition) is 4. The standard InChI is InChI=1S/C17H18N4OS/c1-12(23-14-7-4-3-5-8-14)11-19-17(22)15-13(2)20-21-10-6-9-18-16(15)21/h3-10,12H,11H2,1-2H3,(H,19,22)/t12-/m0/s1. The first-order valence-electron chi connectivity index (χ1n) is 7.45. The smallest absolute Gasteiger partial charge is 0.257 e. The van der Waals surface area contributed by atoms with Gasteiger partial charge in [-0.15, -0.1) is 11.8 Å². The Hall–Kier alpha value is -2.34. The van der Waals surface area contributed by atoms with Crippen molar-refractivity contribution in [1.82, 2.24) is 19.9 Å². The maximum absolute atomic E-state index is 12.5. The van der Waals surface area contributed by atoms with Gasteiger partial charge in [0.2, 0.25) is 0 Å². The molecule has 0 aliphatic heterocycles. The number of aromatic nitrogens is 3. The lowest BCUT2D eigenvalue weighted by Crippen LogP contribution is -2.29. The van der Waals surface area contributed by atoms with Gasteiger partial charge in [0, 0.05) is 29.1 Å². The first-order valence-corrected chi connectivity index (χ1v) is 8.33. The first-order chi connectivity index (χ1) is 11.1. The zero-order valence-corrected chi connectivity index (χ0v) is 13.9. The molecule has 118 valence electrons. The van der Waals surface area contributed by atoms with Gasteiger partial charge in [-0.2, -0.15) is 5.10 Å². The van der Waals surface area contributed by atoms with Crippen molar-refractivity contribution in [3.05, 3.63) is 60.0 Å². The van der Waals surface area contributed by atoms with E-state index in [4.69, 9.17) is 0 Å². The maximum Gasteiger partial charge on any atom is 0.257 e. The van der Waals surface area contributed by atoms with Crippen LogP contribution in [0.1, 0.15) is 23.0 Å². The van der Waals surface area contributed by atoms with Gasteiger partial charge in [0.1, 0.15) is 5.56 Å². The highest BCUT2D eigenvalue weighted by molar-refractivity contribution is 8.00. The number of fused-ring (bicyclic) bond motifs is 1. The van der Waals surface area contributed by atoms with Crippen LogP contribution in [0.25, 0.3) is 5.65 Å². The van der Waals surface area contributed by atoms with Crippen molar-refractivity contribution in [3.8, 4) is 0 Å². The summed E-state index contributed by atoms with van der Waals surface area (Å²) in [6.07, 6.45) is 3.46. The van der Waals surface area contributed by atoms with Crippen LogP contribution in [0, 0.1) is 6.92 Å². The highest BCUT2D eigenvalue weighted by Crippen LogP contribution is 2.22. The quantitative estimate of drug-likeness (QED) is 0.732. The number of amides is 1. The molecule has 0 aliphatic carbocycles. The Labute approximate surface area is 139 Å². The highest BCUT2D eigenvalue weighted by Gasteiger charge is 2.18. The van der Waals surface area contributed by atoms with E-state index in [2.05, 4.69) is 34.5 Å². The molecule has 0 unspecified atom stereocenters. The molecule has 1 N–H and O–H groups in total. The zero-order chi connectivity index (χ0) is 16.2. The summed E-state index contributed by atoms with van der Waals surface area (Å²) in [6, 6.07) is 12.0. The van der Waals surface area contributed by atoms with E-state index >= 15 is 0 Å². The van der Waals surface area contributed by atoms with Crippen LogP contribution < -0.4 is 5.32 Å². The number of hydrogen-bond donors (Lipinski definition) is 1. The highest BCUT2D eigenvalue weighted by atomic mass is 32.2. The summed E-state index contributed by atoms with van der Waals surface area (Å²) >= 11 is 1.74. The molecule has 0 saturated heterocycles. The molecular formula is C17H18N4OS. The molecule has 0 fully saturated rings. The Balaban J connectivity index is 1.66. The maximum atomic E-state index is 12.5. The van der Waals surface area contributed by atoms with Gasteiger partial charge in [-0.25, -0.2) is 9.50 Å². The van der Waals surface area contributed by atoms with E-state index in [9.17, 15) is 4.79 Å². The lowest BCUT2D eigenvalue weighted by Gasteiger charge is -2.12. The van der Waals surface area contributed by atoms with Crippen LogP contribution in [0.5, 0.6) is 0 Å². The van der Waals surface area contributed by atoms with Crippen LogP contribution in [0.15, 0.2) is 53.7 Å². The number of aryl methyl sites for hydroxylation is 1. The Kier molecular flexibility index (Phi) is 4.62. The van der Waals surface area contributed by atoms with E-state index in [1.54, 1.807) is 34.7 Å². The summed E-state index contributed by atoms with van der Waals surface area (Å²) in [5.41, 5.74) is 1.82. The summed E-state index contributed by atoms with van der Waals surface area (Å²) in [5, 5.41) is 7.58. The molecule has 1 atom stereocenters. The molecule has 3 rings (SSSR count). The molecule has 0 aliphatic rings. The van der Waals surface area contributed by atoms with Gasteiger partial charge >= 0.3 is 0 Å². The molecule has 0 spiro atoms. The Morgan fingerprint density at radius 3 is 2.87 bits per heavy atom. The molecule has 1 amide bonds. The first kappa shape index (κ1) is 15.6. The van der Waals surface area contributed by atoms with E-state index in [1.807, 2.05) is 25.1 Å². The molecule has 1 aromatic carbocycles. The lowest BCUT2D eigenvalue weighted by molar-refractivity contribution is 0.0955. The second kappa shape index (κ2) is 6.83. The molecule has 6 heteroatoms. The normalized spacial score (nSPS) is 12.3. The van der Waals surface area contributed by atoms with Crippen LogP contribution in [-0.4, -0.2) is 32.3 Å². The molecule has 0 radical (unpaired) electrons. The molecule has 0 bridgehead atoms. The average Bonchev–Trinajstić information content (AvgIpc) is 2.89. The van der Waals surface area contributed by atoms with E-state index in [-0.39, 0.29) is 11.2 Å². The lowest BCUT2D eigenvalue weighted by atomic mass is 10.2. The molecule has 2 aromatic heterocycles. The minimum absolute atomic E-state index is 0.128. The number of rotatable bonds is 5. The summed E-state index contributed by atoms with van der Waals surface area (Å²) in [7, 11) is 0. The van der Waals surface area contributed by atoms with Crippen LogP contribution in [0.4, 0.5) is 0 Å². The number of carbonyl (C=O) groups is 1. The van der Waals surface area contributed by atoms with Gasteiger partial charge in [0.15, 0.2) is 5.65 Å². The summed E-state index contributed by atoms with van der Waals surface area (Å²) in [6.45, 7) is 4.51. The third kappa shape index (κ3) is 3.53. The number of carbonyl (C=O) groups excluding carboxylic acids is 1. The van der Waals surface area contributed by atoms with Crippen LogP contribution in [0.3, 0.4) is 0 Å². The van der Waals surface area contributed by atoms with Crippen molar-refractivity contribution in [2.24, 2.45) is 0 Å². The van der Waals surface area contributed by atoms with Crippen LogP contribution in [0.2, 0.25) is 0 Å². The minimum Gasteiger partial charge on any atom is -0.351 e. The SMILES string of the molecule is Cc1nn2cccnc2c1C(=O)NC[C@H](C)Sc1ccccc1. The number of nitrogens with one attached hydrogen (secondary N) is 1. The van der Waals surface area contributed by atoms with E-state index in [0.29, 0.717) is 23.4 Å². The van der Waals surface area contributed by atoms with Gasteiger partial charge < -0.3 is 5.32 Å². The van der Waals surface area contributed by atoms with Gasteiger partial charge in [-0.1, -0.05) is 25.1 Å². The van der Waals surface area contributed by atoms with Crippen molar-refractivity contribution >= 4 is 23.3 Å². The van der Waals surface area contributed by atoms with Crippen LogP contribution >= 0.6 is 11.8 Å². The van der Waals surface area contributed by atoms with Crippen molar-refractivity contribution < 1.29 is 4.79 Å². The van der Waals surface area contributed by atoms with Gasteiger partial charge in [0.25, 0.3) is 5.91 Å².